The van der Waals surface area contributed by atoms with E-state index in [0.717, 1.165) is 18.8 Å². The zero-order valence-electron chi connectivity index (χ0n) is 8.72. The number of esters is 1. The zero-order chi connectivity index (χ0) is 9.69. The average Bonchev–Trinajstić information content (AvgIpc) is 2.53. The maximum absolute atomic E-state index is 11.8. The topological polar surface area (TPSA) is 26.3 Å². The number of ether oxygens (including phenoxy) is 1. The smallest absolute Gasteiger partial charge is 0.312 e. The van der Waals surface area contributed by atoms with E-state index in [1.165, 1.54) is 20.0 Å². The van der Waals surface area contributed by atoms with Gasteiger partial charge in [0.2, 0.25) is 0 Å². The molecule has 0 aromatic carbocycles. The van der Waals surface area contributed by atoms with Gasteiger partial charge in [0.25, 0.3) is 0 Å². The molecular formula is C11H18O2. The average molecular weight is 182 g/mol. The molecule has 0 unspecified atom stereocenters. The third kappa shape index (κ3) is 0.866. The van der Waals surface area contributed by atoms with Gasteiger partial charge in [0, 0.05) is 0 Å². The third-order valence-electron chi connectivity index (χ3n) is 4.67. The van der Waals surface area contributed by atoms with E-state index in [4.69, 9.17) is 4.74 Å². The molecule has 13 heavy (non-hydrogen) atoms. The van der Waals surface area contributed by atoms with Crippen molar-refractivity contribution in [1.29, 1.82) is 0 Å². The largest absolute Gasteiger partial charge is 0.469 e. The lowest BCUT2D eigenvalue weighted by Crippen LogP contribution is -2.38. The Bertz CT molecular complexity index is 234. The Hall–Kier alpha value is -0.530. The highest BCUT2D eigenvalue weighted by Gasteiger charge is 2.63. The second-order valence-corrected chi connectivity index (χ2v) is 5.07. The van der Waals surface area contributed by atoms with Crippen molar-refractivity contribution in [3.8, 4) is 0 Å². The highest BCUT2D eigenvalue weighted by atomic mass is 16.5. The number of hydrogen-bond donors (Lipinski definition) is 0. The van der Waals surface area contributed by atoms with E-state index in [2.05, 4.69) is 13.8 Å². The van der Waals surface area contributed by atoms with Crippen LogP contribution in [0, 0.1) is 16.7 Å². The van der Waals surface area contributed by atoms with Crippen molar-refractivity contribution < 1.29 is 9.53 Å². The first-order valence-electron chi connectivity index (χ1n) is 5.13. The fraction of sp³-hybridized carbons (Fsp3) is 0.909. The van der Waals surface area contributed by atoms with Crippen LogP contribution < -0.4 is 0 Å². The van der Waals surface area contributed by atoms with Crippen LogP contribution in [0.15, 0.2) is 0 Å². The molecule has 2 aliphatic rings. The molecule has 0 aromatic heterocycles. The van der Waals surface area contributed by atoms with Gasteiger partial charge in [-0.25, -0.2) is 0 Å². The van der Waals surface area contributed by atoms with Crippen LogP contribution in [0.2, 0.25) is 0 Å². The summed E-state index contributed by atoms with van der Waals surface area (Å²) >= 11 is 0. The van der Waals surface area contributed by atoms with E-state index >= 15 is 0 Å². The van der Waals surface area contributed by atoms with Crippen LogP contribution in [0.3, 0.4) is 0 Å². The molecule has 2 nitrogen and oxygen atoms in total. The van der Waals surface area contributed by atoms with Gasteiger partial charge in [-0.2, -0.15) is 0 Å². The fourth-order valence-corrected chi connectivity index (χ4v) is 3.53. The minimum absolute atomic E-state index is 0.0255. The maximum Gasteiger partial charge on any atom is 0.312 e. The molecule has 0 radical (unpaired) electrons. The summed E-state index contributed by atoms with van der Waals surface area (Å²) in [6.07, 6.45) is 4.50. The minimum Gasteiger partial charge on any atom is -0.469 e. The van der Waals surface area contributed by atoms with Gasteiger partial charge in [0.05, 0.1) is 12.5 Å². The van der Waals surface area contributed by atoms with E-state index in [-0.39, 0.29) is 16.8 Å². The second-order valence-electron chi connectivity index (χ2n) is 5.07. The number of rotatable bonds is 1. The molecule has 2 bridgehead atoms. The molecule has 0 spiro atoms. The van der Waals surface area contributed by atoms with Crippen LogP contribution in [-0.2, 0) is 9.53 Å². The van der Waals surface area contributed by atoms with Crippen molar-refractivity contribution in [2.75, 3.05) is 7.11 Å². The first-order chi connectivity index (χ1) is 6.04. The number of carbonyl (C=O) groups is 1. The summed E-state index contributed by atoms with van der Waals surface area (Å²) < 4.78 is 4.95. The van der Waals surface area contributed by atoms with Gasteiger partial charge in [-0.3, -0.25) is 4.79 Å². The minimum atomic E-state index is -0.146. The summed E-state index contributed by atoms with van der Waals surface area (Å²) in [4.78, 5) is 11.8. The van der Waals surface area contributed by atoms with Gasteiger partial charge in [0.1, 0.15) is 0 Å². The highest BCUT2D eigenvalue weighted by Crippen LogP contribution is 2.66. The van der Waals surface area contributed by atoms with E-state index in [9.17, 15) is 4.79 Å². The lowest BCUT2D eigenvalue weighted by atomic mass is 9.69. The Kier molecular flexibility index (Phi) is 1.73. The van der Waals surface area contributed by atoms with E-state index < -0.39 is 0 Å². The molecule has 0 aliphatic heterocycles. The molecular weight excluding hydrogens is 164 g/mol. The number of methoxy groups -OCH3 is 1. The lowest BCUT2D eigenvalue weighted by molar-refractivity contribution is -0.157. The molecule has 2 aliphatic carbocycles. The third-order valence-corrected chi connectivity index (χ3v) is 4.67. The zero-order valence-corrected chi connectivity index (χ0v) is 8.72. The summed E-state index contributed by atoms with van der Waals surface area (Å²) in [5.41, 5.74) is 0.0203. The molecule has 0 heterocycles. The van der Waals surface area contributed by atoms with Gasteiger partial charge >= 0.3 is 5.97 Å². The first-order valence-corrected chi connectivity index (χ1v) is 5.13. The van der Waals surface area contributed by atoms with Gasteiger partial charge in [-0.1, -0.05) is 13.8 Å². The first kappa shape index (κ1) is 9.04. The van der Waals surface area contributed by atoms with Gasteiger partial charge in [-0.15, -0.1) is 0 Å². The van der Waals surface area contributed by atoms with Gasteiger partial charge in [0.15, 0.2) is 0 Å². The normalized spacial score (nSPS) is 40.7. The molecule has 0 atom stereocenters. The van der Waals surface area contributed by atoms with Crippen molar-refractivity contribution in [3.05, 3.63) is 0 Å². The Morgan fingerprint density at radius 1 is 1.31 bits per heavy atom. The van der Waals surface area contributed by atoms with Crippen molar-refractivity contribution in [1.82, 2.24) is 0 Å². The summed E-state index contributed by atoms with van der Waals surface area (Å²) in [6, 6.07) is 0. The Balaban J connectivity index is 2.37. The SMILES string of the molecule is COC(=O)C12CCC(CC1)C2(C)C. The molecule has 2 saturated carbocycles. The van der Waals surface area contributed by atoms with E-state index in [0.29, 0.717) is 0 Å². The summed E-state index contributed by atoms with van der Waals surface area (Å²) in [5, 5.41) is 0. The van der Waals surface area contributed by atoms with Crippen LogP contribution in [-0.4, -0.2) is 13.1 Å². The molecule has 0 aromatic rings. The van der Waals surface area contributed by atoms with Crippen LogP contribution >= 0.6 is 0 Å². The van der Waals surface area contributed by atoms with Crippen LogP contribution in [0.1, 0.15) is 39.5 Å². The van der Waals surface area contributed by atoms with Gasteiger partial charge in [-0.05, 0) is 37.0 Å². The number of hydrogen-bond acceptors (Lipinski definition) is 2. The Morgan fingerprint density at radius 3 is 2.15 bits per heavy atom. The molecule has 0 N–H and O–H groups in total. The van der Waals surface area contributed by atoms with Crippen LogP contribution in [0.5, 0.6) is 0 Å². The standard InChI is InChI=1S/C11H18O2/c1-10(2)8-4-6-11(10,7-5-8)9(12)13-3/h8H,4-7H2,1-3H3. The lowest BCUT2D eigenvalue weighted by Gasteiger charge is -2.34. The Labute approximate surface area is 79.7 Å². The van der Waals surface area contributed by atoms with E-state index in [1.807, 2.05) is 0 Å². The number of carbonyl (C=O) groups excluding carboxylic acids is 1. The summed E-state index contributed by atoms with van der Waals surface area (Å²) in [5.74, 6) is 0.768. The van der Waals surface area contributed by atoms with Crippen LogP contribution in [0.25, 0.3) is 0 Å². The monoisotopic (exact) mass is 182 g/mol. The molecule has 74 valence electrons. The quantitative estimate of drug-likeness (QED) is 0.582. The molecule has 2 heteroatoms. The molecule has 2 fully saturated rings. The van der Waals surface area contributed by atoms with Crippen LogP contribution in [0.4, 0.5) is 0 Å². The maximum atomic E-state index is 11.8. The molecule has 2 rings (SSSR count). The van der Waals surface area contributed by atoms with Crippen molar-refractivity contribution >= 4 is 5.97 Å². The predicted molar refractivity (Wildman–Crippen MR) is 50.2 cm³/mol. The Morgan fingerprint density at radius 2 is 1.85 bits per heavy atom. The van der Waals surface area contributed by atoms with Crippen molar-refractivity contribution in [2.45, 2.75) is 39.5 Å². The molecule has 0 amide bonds. The molecule has 0 saturated heterocycles. The van der Waals surface area contributed by atoms with E-state index in [1.54, 1.807) is 0 Å². The van der Waals surface area contributed by atoms with Crippen molar-refractivity contribution in [3.63, 3.8) is 0 Å². The van der Waals surface area contributed by atoms with Crippen molar-refractivity contribution in [2.24, 2.45) is 16.7 Å². The second kappa shape index (κ2) is 2.49. The summed E-state index contributed by atoms with van der Waals surface area (Å²) in [6.45, 7) is 4.46. The highest BCUT2D eigenvalue weighted by molar-refractivity contribution is 5.79. The summed E-state index contributed by atoms with van der Waals surface area (Å²) in [7, 11) is 1.51. The number of fused-ring (bicyclic) bond motifs is 2. The van der Waals surface area contributed by atoms with Gasteiger partial charge < -0.3 is 4.74 Å². The fourth-order valence-electron chi connectivity index (χ4n) is 3.53. The predicted octanol–water partition coefficient (Wildman–Crippen LogP) is 2.38.